The Balaban J connectivity index is 2.05. The number of benzene rings is 1. The van der Waals surface area contributed by atoms with Gasteiger partial charge < -0.3 is 14.8 Å². The summed E-state index contributed by atoms with van der Waals surface area (Å²) in [6.07, 6.45) is 0. The number of pyridine rings is 1. The Labute approximate surface area is 118 Å². The number of rotatable bonds is 3. The lowest BCUT2D eigenvalue weighted by molar-refractivity contribution is 0.0691. The fraction of sp³-hybridized carbons (Fsp3) is 0. The van der Waals surface area contributed by atoms with Gasteiger partial charge in [0.15, 0.2) is 0 Å². The van der Waals surface area contributed by atoms with Gasteiger partial charge in [0.2, 0.25) is 5.88 Å². The van der Waals surface area contributed by atoms with Gasteiger partial charge in [0.05, 0.1) is 0 Å². The normalized spacial score (nSPS) is 10.7. The monoisotopic (exact) mass is 288 g/mol. The molecule has 100 valence electrons. The highest BCUT2D eigenvalue weighted by Crippen LogP contribution is 2.30. The number of hydrogen-bond donors (Lipinski definition) is 2. The molecule has 2 aromatic heterocycles. The summed E-state index contributed by atoms with van der Waals surface area (Å²) in [7, 11) is 0. The third kappa shape index (κ3) is 2.31. The number of ether oxygens (including phenoxy) is 1. The standard InChI is InChI=1S/C14H9ClN2O3/c15-12-5-2-6-13(17-12)20-11-4-1-3-9-8(11)7-10(16-9)14(18)19/h1-7,16H,(H,18,19). The average molecular weight is 289 g/mol. The molecule has 5 nitrogen and oxygen atoms in total. The molecule has 0 saturated carbocycles. The summed E-state index contributed by atoms with van der Waals surface area (Å²) in [5.74, 6) is -0.155. The average Bonchev–Trinajstić information content (AvgIpc) is 2.84. The van der Waals surface area contributed by atoms with Crippen LogP contribution in [-0.2, 0) is 0 Å². The second-order valence-electron chi connectivity index (χ2n) is 4.11. The fourth-order valence-electron chi connectivity index (χ4n) is 1.89. The van der Waals surface area contributed by atoms with Gasteiger partial charge in [-0.05, 0) is 24.3 Å². The highest BCUT2D eigenvalue weighted by Gasteiger charge is 2.11. The zero-order valence-corrected chi connectivity index (χ0v) is 10.9. The van der Waals surface area contributed by atoms with Gasteiger partial charge in [-0.1, -0.05) is 23.7 Å². The lowest BCUT2D eigenvalue weighted by atomic mass is 10.2. The van der Waals surface area contributed by atoms with E-state index in [0.717, 1.165) is 0 Å². The van der Waals surface area contributed by atoms with Crippen LogP contribution < -0.4 is 4.74 Å². The zero-order valence-electron chi connectivity index (χ0n) is 10.1. The van der Waals surface area contributed by atoms with Gasteiger partial charge in [0.25, 0.3) is 0 Å². The van der Waals surface area contributed by atoms with Crippen molar-refractivity contribution < 1.29 is 14.6 Å². The maximum atomic E-state index is 11.0. The Morgan fingerprint density at radius 3 is 2.80 bits per heavy atom. The number of carboxylic acids is 1. The van der Waals surface area contributed by atoms with E-state index in [1.165, 1.54) is 6.07 Å². The number of nitrogens with zero attached hydrogens (tertiary/aromatic N) is 1. The van der Waals surface area contributed by atoms with Gasteiger partial charge in [-0.3, -0.25) is 0 Å². The number of halogens is 1. The second-order valence-corrected chi connectivity index (χ2v) is 4.49. The Kier molecular flexibility index (Phi) is 3.04. The summed E-state index contributed by atoms with van der Waals surface area (Å²) in [5.41, 5.74) is 0.789. The summed E-state index contributed by atoms with van der Waals surface area (Å²) in [6, 6.07) is 11.9. The van der Waals surface area contributed by atoms with E-state index in [1.807, 2.05) is 0 Å². The van der Waals surface area contributed by atoms with Crippen LogP contribution in [0.25, 0.3) is 10.9 Å². The van der Waals surface area contributed by atoms with Gasteiger partial charge in [-0.2, -0.15) is 0 Å². The number of aromatic nitrogens is 2. The van der Waals surface area contributed by atoms with E-state index in [9.17, 15) is 4.79 Å². The molecule has 2 N–H and O–H groups in total. The molecular formula is C14H9ClN2O3. The molecule has 0 amide bonds. The number of hydrogen-bond acceptors (Lipinski definition) is 3. The van der Waals surface area contributed by atoms with Crippen LogP contribution in [0.1, 0.15) is 10.5 Å². The minimum Gasteiger partial charge on any atom is -0.477 e. The molecule has 0 radical (unpaired) electrons. The molecule has 0 aliphatic rings. The number of nitrogens with one attached hydrogen (secondary N) is 1. The molecule has 0 bridgehead atoms. The maximum absolute atomic E-state index is 11.0. The van der Waals surface area contributed by atoms with Crippen LogP contribution in [0.5, 0.6) is 11.6 Å². The van der Waals surface area contributed by atoms with E-state index in [2.05, 4.69) is 9.97 Å². The van der Waals surface area contributed by atoms with Crippen LogP contribution in [-0.4, -0.2) is 21.0 Å². The quantitative estimate of drug-likeness (QED) is 0.720. The van der Waals surface area contributed by atoms with Crippen molar-refractivity contribution >= 4 is 28.5 Å². The minimum atomic E-state index is -1.02. The van der Waals surface area contributed by atoms with E-state index >= 15 is 0 Å². The Bertz CT molecular complexity index is 798. The molecule has 0 spiro atoms. The fourth-order valence-corrected chi connectivity index (χ4v) is 2.05. The lowest BCUT2D eigenvalue weighted by Crippen LogP contribution is -1.94. The van der Waals surface area contributed by atoms with Gasteiger partial charge in [0, 0.05) is 17.0 Å². The lowest BCUT2D eigenvalue weighted by Gasteiger charge is -2.05. The van der Waals surface area contributed by atoms with Gasteiger partial charge in [-0.25, -0.2) is 9.78 Å². The second kappa shape index (κ2) is 4.86. The van der Waals surface area contributed by atoms with Crippen LogP contribution in [0, 0.1) is 0 Å². The van der Waals surface area contributed by atoms with Crippen LogP contribution in [0.4, 0.5) is 0 Å². The number of carboxylic acid groups (broad SMARTS) is 1. The van der Waals surface area contributed by atoms with Crippen molar-refractivity contribution in [2.45, 2.75) is 0 Å². The largest absolute Gasteiger partial charge is 0.477 e. The van der Waals surface area contributed by atoms with E-state index in [-0.39, 0.29) is 5.69 Å². The van der Waals surface area contributed by atoms with Crippen molar-refractivity contribution in [3.05, 3.63) is 53.3 Å². The molecule has 3 aromatic rings. The highest BCUT2D eigenvalue weighted by molar-refractivity contribution is 6.29. The number of H-pyrrole nitrogens is 1. The highest BCUT2D eigenvalue weighted by atomic mass is 35.5. The molecule has 0 fully saturated rings. The van der Waals surface area contributed by atoms with Crippen molar-refractivity contribution in [3.63, 3.8) is 0 Å². The topological polar surface area (TPSA) is 75.2 Å². The molecule has 2 heterocycles. The van der Waals surface area contributed by atoms with Crippen molar-refractivity contribution in [2.75, 3.05) is 0 Å². The van der Waals surface area contributed by atoms with E-state index in [0.29, 0.717) is 27.7 Å². The first-order valence-electron chi connectivity index (χ1n) is 5.79. The predicted octanol–water partition coefficient (Wildman–Crippen LogP) is 3.71. The number of fused-ring (bicyclic) bond motifs is 1. The Morgan fingerprint density at radius 2 is 2.05 bits per heavy atom. The number of aromatic amines is 1. The van der Waals surface area contributed by atoms with Crippen molar-refractivity contribution in [2.24, 2.45) is 0 Å². The van der Waals surface area contributed by atoms with E-state index < -0.39 is 5.97 Å². The molecule has 0 atom stereocenters. The van der Waals surface area contributed by atoms with Gasteiger partial charge >= 0.3 is 5.97 Å². The molecule has 0 aliphatic carbocycles. The summed E-state index contributed by atoms with van der Waals surface area (Å²) in [4.78, 5) is 17.8. The van der Waals surface area contributed by atoms with Crippen LogP contribution in [0.3, 0.4) is 0 Å². The molecule has 6 heteroatoms. The third-order valence-corrected chi connectivity index (χ3v) is 2.97. The van der Waals surface area contributed by atoms with Crippen LogP contribution in [0.15, 0.2) is 42.5 Å². The molecular weight excluding hydrogens is 280 g/mol. The Hall–Kier alpha value is -2.53. The SMILES string of the molecule is O=C(O)c1cc2c(Oc3cccc(Cl)n3)cccc2[nH]1. The third-order valence-electron chi connectivity index (χ3n) is 2.76. The first kappa shape index (κ1) is 12.5. The van der Waals surface area contributed by atoms with Gasteiger partial charge in [0.1, 0.15) is 16.6 Å². The molecule has 0 unspecified atom stereocenters. The first-order chi connectivity index (χ1) is 9.63. The zero-order chi connectivity index (χ0) is 14.1. The van der Waals surface area contributed by atoms with E-state index in [4.69, 9.17) is 21.4 Å². The van der Waals surface area contributed by atoms with Gasteiger partial charge in [-0.15, -0.1) is 0 Å². The molecule has 3 rings (SSSR count). The summed E-state index contributed by atoms with van der Waals surface area (Å²) in [5, 5.41) is 10.0. The summed E-state index contributed by atoms with van der Waals surface area (Å²) in [6.45, 7) is 0. The summed E-state index contributed by atoms with van der Waals surface area (Å²) >= 11 is 5.80. The van der Waals surface area contributed by atoms with Crippen molar-refractivity contribution in [1.29, 1.82) is 0 Å². The van der Waals surface area contributed by atoms with Crippen LogP contribution >= 0.6 is 11.6 Å². The first-order valence-corrected chi connectivity index (χ1v) is 6.17. The predicted molar refractivity (Wildman–Crippen MR) is 74.6 cm³/mol. The van der Waals surface area contributed by atoms with Crippen LogP contribution in [0.2, 0.25) is 5.15 Å². The smallest absolute Gasteiger partial charge is 0.352 e. The summed E-state index contributed by atoms with van der Waals surface area (Å²) < 4.78 is 5.66. The van der Waals surface area contributed by atoms with Crippen molar-refractivity contribution in [3.8, 4) is 11.6 Å². The molecule has 1 aromatic carbocycles. The Morgan fingerprint density at radius 1 is 1.25 bits per heavy atom. The number of carbonyl (C=O) groups is 1. The molecule has 0 saturated heterocycles. The minimum absolute atomic E-state index is 0.107. The van der Waals surface area contributed by atoms with E-state index in [1.54, 1.807) is 36.4 Å². The molecule has 20 heavy (non-hydrogen) atoms. The maximum Gasteiger partial charge on any atom is 0.352 e. The molecule has 0 aliphatic heterocycles. The number of aromatic carboxylic acids is 1. The van der Waals surface area contributed by atoms with Crippen molar-refractivity contribution in [1.82, 2.24) is 9.97 Å².